The molecule has 0 saturated heterocycles. The third-order valence-electron chi connectivity index (χ3n) is 4.10. The van der Waals surface area contributed by atoms with Gasteiger partial charge in [-0.2, -0.15) is 0 Å². The molecular formula is C19H21BrClN3O3. The van der Waals surface area contributed by atoms with Crippen molar-refractivity contribution < 1.29 is 14.2 Å². The molecule has 27 heavy (non-hydrogen) atoms. The molecule has 0 amide bonds. The molecule has 1 N–H and O–H groups in total. The van der Waals surface area contributed by atoms with E-state index in [2.05, 4.69) is 50.3 Å². The molecule has 3 aromatic rings. The number of nitrogens with one attached hydrogen (secondary N) is 1. The Labute approximate surface area is 172 Å². The summed E-state index contributed by atoms with van der Waals surface area (Å²) in [6, 6.07) is 5.97. The van der Waals surface area contributed by atoms with Crippen LogP contribution < -0.4 is 19.5 Å². The van der Waals surface area contributed by atoms with Crippen LogP contribution >= 0.6 is 28.3 Å². The molecule has 3 rings (SSSR count). The second-order valence-corrected chi connectivity index (χ2v) is 6.68. The molecule has 0 atom stereocenters. The summed E-state index contributed by atoms with van der Waals surface area (Å²) >= 11 is 3.62. The Morgan fingerprint density at radius 1 is 0.926 bits per heavy atom. The second-order valence-electron chi connectivity index (χ2n) is 5.83. The summed E-state index contributed by atoms with van der Waals surface area (Å²) in [6.45, 7) is 4.10. The third-order valence-corrected chi connectivity index (χ3v) is 4.73. The Morgan fingerprint density at radius 2 is 1.63 bits per heavy atom. The number of benzene rings is 2. The van der Waals surface area contributed by atoms with Crippen LogP contribution in [0.15, 0.2) is 29.0 Å². The topological polar surface area (TPSA) is 65.5 Å². The lowest BCUT2D eigenvalue weighted by atomic mass is 10.1. The number of anilines is 2. The van der Waals surface area contributed by atoms with Crippen LogP contribution in [0.3, 0.4) is 0 Å². The minimum absolute atomic E-state index is 0. The number of aromatic nitrogens is 2. The molecule has 8 heteroatoms. The van der Waals surface area contributed by atoms with E-state index in [9.17, 15) is 0 Å². The molecule has 0 spiro atoms. The summed E-state index contributed by atoms with van der Waals surface area (Å²) in [7, 11) is 4.74. The van der Waals surface area contributed by atoms with Crippen LogP contribution in [-0.4, -0.2) is 31.3 Å². The summed E-state index contributed by atoms with van der Waals surface area (Å²) in [5.41, 5.74) is 3.91. The monoisotopic (exact) mass is 453 g/mol. The summed E-state index contributed by atoms with van der Waals surface area (Å²) in [5.74, 6) is 2.19. The van der Waals surface area contributed by atoms with Crippen LogP contribution in [0.5, 0.6) is 17.2 Å². The quantitative estimate of drug-likeness (QED) is 0.571. The van der Waals surface area contributed by atoms with Crippen LogP contribution in [0.2, 0.25) is 0 Å². The van der Waals surface area contributed by atoms with Crippen LogP contribution in [0.1, 0.15) is 11.1 Å². The third kappa shape index (κ3) is 3.89. The predicted molar refractivity (Wildman–Crippen MR) is 113 cm³/mol. The maximum Gasteiger partial charge on any atom is 0.204 e. The highest BCUT2D eigenvalue weighted by Gasteiger charge is 2.20. The van der Waals surface area contributed by atoms with E-state index >= 15 is 0 Å². The smallest absolute Gasteiger partial charge is 0.204 e. The molecule has 144 valence electrons. The van der Waals surface area contributed by atoms with Gasteiger partial charge in [0, 0.05) is 10.5 Å². The molecular weight excluding hydrogens is 434 g/mol. The molecule has 0 aliphatic heterocycles. The Morgan fingerprint density at radius 3 is 2.22 bits per heavy atom. The minimum atomic E-state index is 0. The van der Waals surface area contributed by atoms with E-state index in [0.717, 1.165) is 21.1 Å². The largest absolute Gasteiger partial charge is 0.493 e. The fraction of sp³-hybridized carbons (Fsp3) is 0.263. The van der Waals surface area contributed by atoms with Crippen molar-refractivity contribution in [3.05, 3.63) is 40.1 Å². The molecule has 0 aliphatic carbocycles. The highest BCUT2D eigenvalue weighted by Crippen LogP contribution is 2.45. The molecule has 0 radical (unpaired) electrons. The number of hydrogen-bond acceptors (Lipinski definition) is 6. The average molecular weight is 455 g/mol. The number of aryl methyl sites for hydroxylation is 2. The summed E-state index contributed by atoms with van der Waals surface area (Å²) < 4.78 is 17.5. The van der Waals surface area contributed by atoms with Crippen LogP contribution in [-0.2, 0) is 0 Å². The van der Waals surface area contributed by atoms with E-state index in [1.165, 1.54) is 11.9 Å². The van der Waals surface area contributed by atoms with Crippen LogP contribution in [0.4, 0.5) is 11.5 Å². The second kappa shape index (κ2) is 8.63. The Balaban J connectivity index is 0.00000261. The first-order valence-electron chi connectivity index (χ1n) is 7.97. The fourth-order valence-corrected chi connectivity index (χ4v) is 3.75. The van der Waals surface area contributed by atoms with Gasteiger partial charge in [-0.1, -0.05) is 6.07 Å². The van der Waals surface area contributed by atoms with Crippen molar-refractivity contribution in [2.75, 3.05) is 26.6 Å². The fourth-order valence-electron chi connectivity index (χ4n) is 2.97. The maximum absolute atomic E-state index is 5.61. The van der Waals surface area contributed by atoms with E-state index in [1.54, 1.807) is 27.4 Å². The zero-order chi connectivity index (χ0) is 18.8. The zero-order valence-electron chi connectivity index (χ0n) is 15.7. The van der Waals surface area contributed by atoms with Crippen molar-refractivity contribution in [1.82, 2.24) is 9.97 Å². The van der Waals surface area contributed by atoms with Crippen molar-refractivity contribution >= 4 is 50.7 Å². The van der Waals surface area contributed by atoms with Gasteiger partial charge in [0.25, 0.3) is 0 Å². The van der Waals surface area contributed by atoms with Gasteiger partial charge in [-0.15, -0.1) is 12.4 Å². The average Bonchev–Trinajstić information content (AvgIpc) is 2.62. The summed E-state index contributed by atoms with van der Waals surface area (Å²) in [5, 5.41) is 4.12. The first kappa shape index (κ1) is 21.1. The summed E-state index contributed by atoms with van der Waals surface area (Å²) in [4.78, 5) is 8.78. The van der Waals surface area contributed by atoms with Crippen molar-refractivity contribution in [2.24, 2.45) is 0 Å². The van der Waals surface area contributed by atoms with E-state index in [1.807, 2.05) is 6.92 Å². The summed E-state index contributed by atoms with van der Waals surface area (Å²) in [6.07, 6.45) is 1.51. The molecule has 1 aromatic heterocycles. The van der Waals surface area contributed by atoms with E-state index in [-0.39, 0.29) is 12.4 Å². The minimum Gasteiger partial charge on any atom is -0.493 e. The van der Waals surface area contributed by atoms with Crippen LogP contribution in [0, 0.1) is 13.8 Å². The highest BCUT2D eigenvalue weighted by atomic mass is 79.9. The standard InChI is InChI=1S/C19H20BrN3O3.ClH/c1-10-6-11(2)16(12(20)7-10)23-19-15-13(21-9-22-19)8-14(24-3)17(25-4)18(15)26-5;/h6-9H,1-5H3,(H,21,22,23);1H. The predicted octanol–water partition coefficient (Wildman–Crippen LogP) is 5.20. The van der Waals surface area contributed by atoms with Gasteiger partial charge in [0.05, 0.1) is 37.9 Å². The SMILES string of the molecule is COc1cc2ncnc(Nc3c(C)cc(C)cc3Br)c2c(OC)c1OC.Cl. The molecule has 0 unspecified atom stereocenters. The molecule has 0 aliphatic rings. The van der Waals surface area contributed by atoms with Gasteiger partial charge in [0.15, 0.2) is 11.5 Å². The van der Waals surface area contributed by atoms with Gasteiger partial charge in [-0.3, -0.25) is 0 Å². The van der Waals surface area contributed by atoms with Crippen molar-refractivity contribution in [3.63, 3.8) is 0 Å². The van der Waals surface area contributed by atoms with E-state index in [4.69, 9.17) is 14.2 Å². The molecule has 2 aromatic carbocycles. The van der Waals surface area contributed by atoms with Gasteiger partial charge in [0.1, 0.15) is 12.1 Å². The number of halogens is 2. The van der Waals surface area contributed by atoms with E-state index in [0.29, 0.717) is 28.6 Å². The highest BCUT2D eigenvalue weighted by molar-refractivity contribution is 9.10. The Kier molecular flexibility index (Phi) is 6.73. The van der Waals surface area contributed by atoms with Gasteiger partial charge in [0.2, 0.25) is 5.75 Å². The number of methoxy groups -OCH3 is 3. The lowest BCUT2D eigenvalue weighted by molar-refractivity contribution is 0.327. The number of nitrogens with zero attached hydrogens (tertiary/aromatic N) is 2. The number of fused-ring (bicyclic) bond motifs is 1. The molecule has 0 saturated carbocycles. The Hall–Kier alpha value is -2.25. The first-order chi connectivity index (χ1) is 12.5. The van der Waals surface area contributed by atoms with Gasteiger partial charge in [-0.05, 0) is 47.0 Å². The van der Waals surface area contributed by atoms with Gasteiger partial charge >= 0.3 is 0 Å². The molecule has 6 nitrogen and oxygen atoms in total. The van der Waals surface area contributed by atoms with E-state index < -0.39 is 0 Å². The zero-order valence-corrected chi connectivity index (χ0v) is 18.1. The Bertz CT molecular complexity index is 959. The van der Waals surface area contributed by atoms with Crippen LogP contribution in [0.25, 0.3) is 10.9 Å². The lowest BCUT2D eigenvalue weighted by Gasteiger charge is -2.18. The first-order valence-corrected chi connectivity index (χ1v) is 8.76. The molecule has 1 heterocycles. The number of rotatable bonds is 5. The number of ether oxygens (including phenoxy) is 3. The van der Waals surface area contributed by atoms with Crippen molar-refractivity contribution in [3.8, 4) is 17.2 Å². The van der Waals surface area contributed by atoms with Gasteiger partial charge < -0.3 is 19.5 Å². The molecule has 0 fully saturated rings. The lowest BCUT2D eigenvalue weighted by Crippen LogP contribution is -2.02. The maximum atomic E-state index is 5.61. The van der Waals surface area contributed by atoms with Crippen molar-refractivity contribution in [2.45, 2.75) is 13.8 Å². The molecule has 0 bridgehead atoms. The van der Waals surface area contributed by atoms with Crippen molar-refractivity contribution in [1.29, 1.82) is 0 Å². The number of hydrogen-bond donors (Lipinski definition) is 1. The van der Waals surface area contributed by atoms with Gasteiger partial charge in [-0.25, -0.2) is 9.97 Å². The normalized spacial score (nSPS) is 10.3.